The number of pyridine rings is 1. The Morgan fingerprint density at radius 3 is 2.76 bits per heavy atom. The quantitative estimate of drug-likeness (QED) is 0.383. The number of ether oxygens (including phenoxy) is 3. The molecule has 2 bridgehead atoms. The third-order valence-corrected chi connectivity index (χ3v) is 8.10. The van der Waals surface area contributed by atoms with Crippen molar-refractivity contribution in [2.75, 3.05) is 40.5 Å². The highest BCUT2D eigenvalue weighted by molar-refractivity contribution is 5.98. The number of methoxy groups -OCH3 is 2. The number of para-hydroxylation sites is 1. The molecule has 0 spiro atoms. The zero-order valence-corrected chi connectivity index (χ0v) is 24.1. The second-order valence-electron chi connectivity index (χ2n) is 10.8. The fourth-order valence-corrected chi connectivity index (χ4v) is 6.02. The number of rotatable bonds is 3. The van der Waals surface area contributed by atoms with Gasteiger partial charge < -0.3 is 29.4 Å². The van der Waals surface area contributed by atoms with Gasteiger partial charge in [0.2, 0.25) is 11.8 Å². The lowest BCUT2D eigenvalue weighted by Crippen LogP contribution is -2.42. The number of aromatic nitrogens is 2. The van der Waals surface area contributed by atoms with Crippen molar-refractivity contribution in [3.8, 4) is 17.4 Å². The minimum atomic E-state index is -0.274. The first-order chi connectivity index (χ1) is 20.5. The summed E-state index contributed by atoms with van der Waals surface area (Å²) in [5, 5.41) is 4.19. The maximum Gasteiger partial charge on any atom is 0.259 e. The lowest BCUT2D eigenvalue weighted by Gasteiger charge is -2.24. The number of carbonyl (C=O) groups is 2. The van der Waals surface area contributed by atoms with Crippen LogP contribution < -0.4 is 19.5 Å². The highest BCUT2D eigenvalue weighted by atomic mass is 16.5. The Balaban J connectivity index is 1.30. The van der Waals surface area contributed by atoms with E-state index in [4.69, 9.17) is 14.2 Å². The van der Waals surface area contributed by atoms with Crippen molar-refractivity contribution in [2.24, 2.45) is 0 Å². The van der Waals surface area contributed by atoms with E-state index in [0.717, 1.165) is 58.2 Å². The second-order valence-corrected chi connectivity index (χ2v) is 10.8. The van der Waals surface area contributed by atoms with Crippen molar-refractivity contribution in [3.63, 3.8) is 0 Å². The molecule has 1 aliphatic carbocycles. The van der Waals surface area contributed by atoms with Gasteiger partial charge in [0.05, 0.1) is 27.4 Å². The van der Waals surface area contributed by atoms with E-state index in [-0.39, 0.29) is 18.4 Å². The number of benzene rings is 2. The number of nitrogens with zero attached hydrogens (tertiary/aromatic N) is 2. The number of hydrogen-bond acceptors (Lipinski definition) is 6. The predicted octanol–water partition coefficient (Wildman–Crippen LogP) is 4.24. The minimum absolute atomic E-state index is 0.0708. The third kappa shape index (κ3) is 5.64. The van der Waals surface area contributed by atoms with Crippen LogP contribution in [0.1, 0.15) is 51.3 Å². The highest BCUT2D eigenvalue weighted by Crippen LogP contribution is 2.32. The fraction of sp³-hybridized carbons (Fsp3) is 0.364. The van der Waals surface area contributed by atoms with Crippen molar-refractivity contribution in [2.45, 2.75) is 38.5 Å². The summed E-state index contributed by atoms with van der Waals surface area (Å²) >= 11 is 0. The molecule has 9 heteroatoms. The van der Waals surface area contributed by atoms with E-state index in [1.54, 1.807) is 12.0 Å². The van der Waals surface area contributed by atoms with E-state index in [1.807, 2.05) is 36.4 Å². The smallest absolute Gasteiger partial charge is 0.259 e. The van der Waals surface area contributed by atoms with Crippen LogP contribution in [0, 0.1) is 0 Å². The molecule has 0 radical (unpaired) electrons. The van der Waals surface area contributed by atoms with Crippen LogP contribution >= 0.6 is 0 Å². The van der Waals surface area contributed by atoms with E-state index in [1.165, 1.54) is 7.11 Å². The normalized spacial score (nSPS) is 15.9. The molecule has 0 saturated heterocycles. The van der Waals surface area contributed by atoms with Crippen molar-refractivity contribution in [3.05, 3.63) is 82.2 Å². The van der Waals surface area contributed by atoms with Crippen molar-refractivity contribution >= 4 is 22.7 Å². The van der Waals surface area contributed by atoms with Gasteiger partial charge in [-0.15, -0.1) is 0 Å². The summed E-state index contributed by atoms with van der Waals surface area (Å²) in [5.74, 6) is 1.12. The van der Waals surface area contributed by atoms with Crippen LogP contribution in [0.2, 0.25) is 0 Å². The molecule has 3 heterocycles. The van der Waals surface area contributed by atoms with Gasteiger partial charge in [-0.2, -0.15) is 0 Å². The van der Waals surface area contributed by atoms with Gasteiger partial charge in [0.25, 0.3) is 5.91 Å². The summed E-state index contributed by atoms with van der Waals surface area (Å²) < 4.78 is 17.3. The Kier molecular flexibility index (Phi) is 7.99. The molecule has 9 nitrogen and oxygen atoms in total. The number of amides is 2. The SMILES string of the molecule is COc1ccc2cc1OCCCN(C(=O)c1cc3c(nc1OC)CCC3)CC(=O)NCCc1c([nH]c3ccccc13)C2. The van der Waals surface area contributed by atoms with Gasteiger partial charge in [0.1, 0.15) is 5.56 Å². The van der Waals surface area contributed by atoms with E-state index in [9.17, 15) is 9.59 Å². The molecule has 6 rings (SSSR count). The van der Waals surface area contributed by atoms with Gasteiger partial charge in [-0.25, -0.2) is 4.98 Å². The average molecular weight is 569 g/mol. The highest BCUT2D eigenvalue weighted by Gasteiger charge is 2.26. The summed E-state index contributed by atoms with van der Waals surface area (Å²) in [6.45, 7) is 1.07. The summed E-state index contributed by atoms with van der Waals surface area (Å²) in [5.41, 5.74) is 6.85. The number of carbonyl (C=O) groups excluding carboxylic acids is 2. The van der Waals surface area contributed by atoms with E-state index >= 15 is 0 Å². The van der Waals surface area contributed by atoms with Crippen molar-refractivity contribution in [1.82, 2.24) is 20.2 Å². The first-order valence-corrected chi connectivity index (χ1v) is 14.5. The molecule has 2 aliphatic rings. The molecular formula is C33H36N4O5. The number of nitrogens with one attached hydrogen (secondary N) is 2. The van der Waals surface area contributed by atoms with Crippen LogP contribution in [-0.4, -0.2) is 67.1 Å². The Morgan fingerprint density at radius 2 is 1.90 bits per heavy atom. The monoisotopic (exact) mass is 568 g/mol. The summed E-state index contributed by atoms with van der Waals surface area (Å²) in [7, 11) is 3.15. The van der Waals surface area contributed by atoms with Gasteiger partial charge in [0.15, 0.2) is 11.5 Å². The number of aromatic amines is 1. The molecule has 2 aromatic carbocycles. The Bertz CT molecular complexity index is 1630. The number of fused-ring (bicyclic) bond motifs is 6. The van der Waals surface area contributed by atoms with Crippen LogP contribution in [0.4, 0.5) is 0 Å². The molecule has 1 aliphatic heterocycles. The van der Waals surface area contributed by atoms with Crippen molar-refractivity contribution in [1.29, 1.82) is 0 Å². The van der Waals surface area contributed by atoms with E-state index < -0.39 is 0 Å². The van der Waals surface area contributed by atoms with Crippen LogP contribution in [0.5, 0.6) is 17.4 Å². The van der Waals surface area contributed by atoms with Gasteiger partial charge in [-0.05, 0) is 73.1 Å². The molecule has 4 aromatic rings. The minimum Gasteiger partial charge on any atom is -0.493 e. The summed E-state index contributed by atoms with van der Waals surface area (Å²) in [4.78, 5) is 36.8. The fourth-order valence-electron chi connectivity index (χ4n) is 6.02. The van der Waals surface area contributed by atoms with Crippen molar-refractivity contribution < 1.29 is 23.8 Å². The van der Waals surface area contributed by atoms with Crippen LogP contribution in [0.3, 0.4) is 0 Å². The molecule has 42 heavy (non-hydrogen) atoms. The molecule has 2 amide bonds. The number of aryl methyl sites for hydroxylation is 2. The zero-order chi connectivity index (χ0) is 29.1. The lowest BCUT2D eigenvalue weighted by atomic mass is 10.0. The Morgan fingerprint density at radius 1 is 1.02 bits per heavy atom. The Hall–Kier alpha value is -4.53. The molecule has 0 atom stereocenters. The first-order valence-electron chi connectivity index (χ1n) is 14.5. The van der Waals surface area contributed by atoms with Gasteiger partial charge in [0, 0.05) is 41.8 Å². The van der Waals surface area contributed by atoms with E-state index in [2.05, 4.69) is 27.4 Å². The number of hydrogen-bond donors (Lipinski definition) is 2. The number of H-pyrrole nitrogens is 1. The average Bonchev–Trinajstić information content (AvgIpc) is 3.61. The summed E-state index contributed by atoms with van der Waals surface area (Å²) in [6, 6.07) is 16.1. The van der Waals surface area contributed by atoms with Gasteiger partial charge >= 0.3 is 0 Å². The van der Waals surface area contributed by atoms with Gasteiger partial charge in [-0.1, -0.05) is 24.3 Å². The predicted molar refractivity (Wildman–Crippen MR) is 160 cm³/mol. The molecule has 2 aromatic heterocycles. The lowest BCUT2D eigenvalue weighted by molar-refractivity contribution is -0.121. The first kappa shape index (κ1) is 27.6. The van der Waals surface area contributed by atoms with E-state index in [0.29, 0.717) is 61.9 Å². The molecule has 2 N–H and O–H groups in total. The largest absolute Gasteiger partial charge is 0.493 e. The third-order valence-electron chi connectivity index (χ3n) is 8.10. The second kappa shape index (κ2) is 12.1. The molecule has 218 valence electrons. The molecular weight excluding hydrogens is 532 g/mol. The molecule has 0 fully saturated rings. The van der Waals surface area contributed by atoms with Crippen LogP contribution in [-0.2, 0) is 30.5 Å². The van der Waals surface area contributed by atoms with Crippen LogP contribution in [0.25, 0.3) is 10.9 Å². The molecule has 0 unspecified atom stereocenters. The summed E-state index contributed by atoms with van der Waals surface area (Å²) in [6.07, 6.45) is 4.65. The van der Waals surface area contributed by atoms with Crippen LogP contribution in [0.15, 0.2) is 48.5 Å². The van der Waals surface area contributed by atoms with Gasteiger partial charge in [-0.3, -0.25) is 9.59 Å². The standard InChI is InChI=1S/C33H36N4O5/c1-40-29-12-11-21-17-28-24(23-8-3-4-9-27(23)35-28)13-14-34-31(38)20-37(15-6-16-42-30(29)18-21)33(39)25-19-22-7-5-10-26(22)36-32(25)41-2/h3-4,8-9,11-12,18-19,35H,5-7,10,13-17,20H2,1-2H3,(H,34,38). The topological polar surface area (TPSA) is 106 Å². The molecule has 0 saturated carbocycles. The maximum absolute atomic E-state index is 13.8. The zero-order valence-electron chi connectivity index (χ0n) is 24.1. The Labute approximate surface area is 245 Å². The maximum atomic E-state index is 13.8.